The average Bonchev–Trinajstić information content (AvgIpc) is 2.39. The topological polar surface area (TPSA) is 25.5 Å². The number of nitrogens with two attached hydrogens (primary N) is 1. The van der Waals surface area contributed by atoms with Gasteiger partial charge in [0.2, 0.25) is 0 Å². The van der Waals surface area contributed by atoms with E-state index >= 15 is 0 Å². The van der Waals surface area contributed by atoms with Gasteiger partial charge in [0.1, 0.15) is 45.1 Å². The van der Waals surface area contributed by atoms with Crippen LogP contribution in [0.3, 0.4) is 0 Å². The van der Waals surface area contributed by atoms with E-state index in [0.29, 0.717) is 6.04 Å². The second-order valence-electron chi connectivity index (χ2n) is 5.71. The van der Waals surface area contributed by atoms with Crippen LogP contribution in [0.5, 0.6) is 0 Å². The lowest BCUT2D eigenvalue weighted by molar-refractivity contribution is -1.03. The van der Waals surface area contributed by atoms with E-state index in [1.807, 2.05) is 6.07 Å². The van der Waals surface area contributed by atoms with Crippen molar-refractivity contribution >= 4 is 0 Å². The Morgan fingerprint density at radius 1 is 1.22 bits per heavy atom. The van der Waals surface area contributed by atoms with Crippen molar-refractivity contribution in [3.8, 4) is 0 Å². The fourth-order valence-corrected chi connectivity index (χ4v) is 3.39. The highest BCUT2D eigenvalue weighted by Gasteiger charge is 2.36. The third-order valence-electron chi connectivity index (χ3n) is 4.50. The highest BCUT2D eigenvalue weighted by molar-refractivity contribution is 5.30. The average molecular weight is 252 g/mol. The minimum absolute atomic E-state index is 0.00405. The number of hydrogen-bond acceptors (Lipinski definition) is 0. The van der Waals surface area contributed by atoms with Crippen LogP contribution in [-0.2, 0) is 6.54 Å². The molecular formula is C14H23FN3+3. The number of hydrogen-bond donors (Lipinski definition) is 3. The summed E-state index contributed by atoms with van der Waals surface area (Å²) in [7, 11) is 2.25. The van der Waals surface area contributed by atoms with Crippen molar-refractivity contribution < 1.29 is 19.5 Å². The number of likely N-dealkylation sites (N-methyl/N-ethyl adjacent to an activating group) is 1. The van der Waals surface area contributed by atoms with E-state index in [9.17, 15) is 4.39 Å². The second kappa shape index (κ2) is 4.96. The zero-order chi connectivity index (χ0) is 12.5. The molecule has 98 valence electrons. The van der Waals surface area contributed by atoms with E-state index in [-0.39, 0.29) is 5.82 Å². The second-order valence-corrected chi connectivity index (χ2v) is 5.71. The molecule has 0 amide bonds. The Hall–Kier alpha value is -0.970. The zero-order valence-electron chi connectivity index (χ0n) is 11.0. The summed E-state index contributed by atoms with van der Waals surface area (Å²) in [5.74, 6) is 0.00405. The Labute approximate surface area is 108 Å². The molecule has 18 heavy (non-hydrogen) atoms. The van der Waals surface area contributed by atoms with Gasteiger partial charge in [0.15, 0.2) is 6.04 Å². The molecular weight excluding hydrogens is 229 g/mol. The minimum Gasteiger partial charge on any atom is -0.337 e. The summed E-state index contributed by atoms with van der Waals surface area (Å²) in [6.45, 7) is 6.70. The lowest BCUT2D eigenvalue weighted by atomic mass is 9.94. The van der Waals surface area contributed by atoms with Crippen molar-refractivity contribution in [2.45, 2.75) is 12.6 Å². The molecule has 3 rings (SSSR count). The van der Waals surface area contributed by atoms with Crippen LogP contribution < -0.4 is 15.1 Å². The van der Waals surface area contributed by atoms with Crippen molar-refractivity contribution in [1.82, 2.24) is 0 Å². The summed E-state index contributed by atoms with van der Waals surface area (Å²) in [6, 6.07) is 5.90. The van der Waals surface area contributed by atoms with Gasteiger partial charge in [0, 0.05) is 5.56 Å². The molecule has 0 radical (unpaired) electrons. The predicted molar refractivity (Wildman–Crippen MR) is 67.0 cm³/mol. The van der Waals surface area contributed by atoms with Gasteiger partial charge < -0.3 is 15.1 Å². The number of piperazine rings is 1. The standard InChI is InChI=1S/C14H20FN3/c1-17-5-7-18(8-6-17)13-10-16-9-11-3-2-4-12(15)14(11)13/h2-4,13,16H,5-10H2,1H3/p+3/t13-/m0/s1. The van der Waals surface area contributed by atoms with Crippen molar-refractivity contribution in [2.75, 3.05) is 39.8 Å². The Morgan fingerprint density at radius 2 is 2.00 bits per heavy atom. The van der Waals surface area contributed by atoms with Crippen LogP contribution in [-0.4, -0.2) is 39.8 Å². The Balaban J connectivity index is 1.87. The fourth-order valence-electron chi connectivity index (χ4n) is 3.39. The van der Waals surface area contributed by atoms with E-state index in [0.717, 1.165) is 31.7 Å². The molecule has 1 atom stereocenters. The van der Waals surface area contributed by atoms with Gasteiger partial charge in [-0.3, -0.25) is 0 Å². The first-order valence-electron chi connectivity index (χ1n) is 7.00. The van der Waals surface area contributed by atoms with E-state index in [4.69, 9.17) is 0 Å². The molecule has 0 unspecified atom stereocenters. The minimum atomic E-state index is 0.00405. The molecule has 1 saturated heterocycles. The summed E-state index contributed by atoms with van der Waals surface area (Å²) >= 11 is 0. The Morgan fingerprint density at radius 3 is 2.78 bits per heavy atom. The first kappa shape index (κ1) is 12.1. The summed E-state index contributed by atoms with van der Waals surface area (Å²) in [6.07, 6.45) is 0. The molecule has 4 N–H and O–H groups in total. The van der Waals surface area contributed by atoms with Crippen molar-refractivity contribution in [3.05, 3.63) is 35.1 Å². The third-order valence-corrected chi connectivity index (χ3v) is 4.50. The maximum absolute atomic E-state index is 14.1. The Bertz CT molecular complexity index is 427. The highest BCUT2D eigenvalue weighted by atomic mass is 19.1. The molecule has 2 aliphatic heterocycles. The molecule has 0 bridgehead atoms. The predicted octanol–water partition coefficient (Wildman–Crippen LogP) is -2.64. The van der Waals surface area contributed by atoms with Gasteiger partial charge in [0.05, 0.1) is 12.6 Å². The Kier molecular flexibility index (Phi) is 3.33. The largest absolute Gasteiger partial charge is 0.337 e. The monoisotopic (exact) mass is 252 g/mol. The number of nitrogens with one attached hydrogen (secondary N) is 2. The maximum Gasteiger partial charge on any atom is 0.166 e. The molecule has 1 aromatic carbocycles. The lowest BCUT2D eigenvalue weighted by Gasteiger charge is -2.35. The van der Waals surface area contributed by atoms with Gasteiger partial charge in [0.25, 0.3) is 0 Å². The van der Waals surface area contributed by atoms with Gasteiger partial charge in [-0.05, 0) is 6.07 Å². The van der Waals surface area contributed by atoms with Gasteiger partial charge in [-0.25, -0.2) is 4.39 Å². The SMILES string of the molecule is C[NH+]1CC[NH+]([C@H]2C[NH2+]Cc3cccc(F)c32)CC1. The lowest BCUT2D eigenvalue weighted by Crippen LogP contribution is -3.28. The number of fused-ring (bicyclic) bond motifs is 1. The number of benzene rings is 1. The van der Waals surface area contributed by atoms with Gasteiger partial charge in [-0.2, -0.15) is 0 Å². The number of quaternary nitrogens is 3. The maximum atomic E-state index is 14.1. The molecule has 4 heteroatoms. The van der Waals surface area contributed by atoms with Crippen LogP contribution in [0.25, 0.3) is 0 Å². The summed E-state index contributed by atoms with van der Waals surface area (Å²) in [5, 5.41) is 2.32. The number of halogens is 1. The quantitative estimate of drug-likeness (QED) is 0.487. The summed E-state index contributed by atoms with van der Waals surface area (Å²) in [4.78, 5) is 3.18. The van der Waals surface area contributed by atoms with E-state index in [1.54, 1.807) is 15.9 Å². The van der Waals surface area contributed by atoms with Crippen LogP contribution >= 0.6 is 0 Å². The van der Waals surface area contributed by atoms with Crippen LogP contribution in [0.1, 0.15) is 17.2 Å². The van der Waals surface area contributed by atoms with Gasteiger partial charge >= 0.3 is 0 Å². The van der Waals surface area contributed by atoms with Crippen LogP contribution in [0.15, 0.2) is 18.2 Å². The molecule has 2 aliphatic rings. The van der Waals surface area contributed by atoms with Crippen LogP contribution in [0.2, 0.25) is 0 Å². The molecule has 0 spiro atoms. The first-order valence-corrected chi connectivity index (χ1v) is 7.00. The van der Waals surface area contributed by atoms with Gasteiger partial charge in [-0.1, -0.05) is 12.1 Å². The molecule has 1 fully saturated rings. The first-order chi connectivity index (χ1) is 8.75. The molecule has 3 nitrogen and oxygen atoms in total. The molecule has 1 aromatic rings. The van der Waals surface area contributed by atoms with E-state index < -0.39 is 0 Å². The third kappa shape index (κ3) is 2.16. The normalized spacial score (nSPS) is 32.0. The molecule has 0 aromatic heterocycles. The van der Waals surface area contributed by atoms with Crippen LogP contribution in [0.4, 0.5) is 4.39 Å². The van der Waals surface area contributed by atoms with Crippen molar-refractivity contribution in [3.63, 3.8) is 0 Å². The summed E-state index contributed by atoms with van der Waals surface area (Å²) < 4.78 is 14.1. The van der Waals surface area contributed by atoms with Crippen molar-refractivity contribution in [2.24, 2.45) is 0 Å². The van der Waals surface area contributed by atoms with E-state index in [1.165, 1.54) is 18.7 Å². The smallest absolute Gasteiger partial charge is 0.166 e. The molecule has 2 heterocycles. The van der Waals surface area contributed by atoms with E-state index in [2.05, 4.69) is 18.4 Å². The van der Waals surface area contributed by atoms with Crippen LogP contribution in [0, 0.1) is 5.82 Å². The summed E-state index contributed by atoms with van der Waals surface area (Å²) in [5.41, 5.74) is 2.19. The molecule has 0 aliphatic carbocycles. The van der Waals surface area contributed by atoms with Crippen molar-refractivity contribution in [1.29, 1.82) is 0 Å². The van der Waals surface area contributed by atoms with Gasteiger partial charge in [-0.15, -0.1) is 0 Å². The molecule has 0 saturated carbocycles. The zero-order valence-corrected chi connectivity index (χ0v) is 11.0. The highest BCUT2D eigenvalue weighted by Crippen LogP contribution is 2.20. The number of rotatable bonds is 1. The fraction of sp³-hybridized carbons (Fsp3) is 0.571.